The van der Waals surface area contributed by atoms with Crippen LogP contribution >= 0.6 is 11.6 Å². The first kappa shape index (κ1) is 15.6. The van der Waals surface area contributed by atoms with E-state index in [1.54, 1.807) is 12.1 Å². The number of carbonyl (C=O) groups is 1. The SMILES string of the molecule is CCc1ccc(C(=O)c2cc(F)c(Cl)cc2F)cc1CC. The predicted octanol–water partition coefficient (Wildman–Crippen LogP) is 4.97. The number of benzene rings is 2. The van der Waals surface area contributed by atoms with Crippen LogP contribution in [0.5, 0.6) is 0 Å². The zero-order valence-electron chi connectivity index (χ0n) is 11.8. The van der Waals surface area contributed by atoms with Gasteiger partial charge in [-0.25, -0.2) is 8.78 Å². The summed E-state index contributed by atoms with van der Waals surface area (Å²) < 4.78 is 27.3. The molecule has 0 saturated carbocycles. The van der Waals surface area contributed by atoms with Crippen LogP contribution < -0.4 is 0 Å². The Morgan fingerprint density at radius 2 is 1.67 bits per heavy atom. The fraction of sp³-hybridized carbons (Fsp3) is 0.235. The summed E-state index contributed by atoms with van der Waals surface area (Å²) in [5.41, 5.74) is 2.24. The van der Waals surface area contributed by atoms with E-state index in [4.69, 9.17) is 11.6 Å². The molecule has 4 heteroatoms. The minimum atomic E-state index is -0.816. The number of carbonyl (C=O) groups excluding carboxylic acids is 1. The van der Waals surface area contributed by atoms with Crippen LogP contribution in [0.3, 0.4) is 0 Å². The van der Waals surface area contributed by atoms with Gasteiger partial charge in [0, 0.05) is 5.56 Å². The van der Waals surface area contributed by atoms with E-state index in [2.05, 4.69) is 0 Å². The summed E-state index contributed by atoms with van der Waals surface area (Å²) in [7, 11) is 0. The maximum atomic E-state index is 13.8. The van der Waals surface area contributed by atoms with Crippen molar-refractivity contribution in [3.05, 3.63) is 69.2 Å². The van der Waals surface area contributed by atoms with Crippen molar-refractivity contribution in [2.75, 3.05) is 0 Å². The van der Waals surface area contributed by atoms with Crippen molar-refractivity contribution in [1.82, 2.24) is 0 Å². The third kappa shape index (κ3) is 3.13. The lowest BCUT2D eigenvalue weighted by Crippen LogP contribution is -2.07. The van der Waals surface area contributed by atoms with Crippen molar-refractivity contribution in [2.45, 2.75) is 26.7 Å². The molecule has 0 fully saturated rings. The monoisotopic (exact) mass is 308 g/mol. The Morgan fingerprint density at radius 3 is 2.29 bits per heavy atom. The number of rotatable bonds is 4. The van der Waals surface area contributed by atoms with E-state index in [9.17, 15) is 13.6 Å². The van der Waals surface area contributed by atoms with Crippen LogP contribution in [0.15, 0.2) is 30.3 Å². The Labute approximate surface area is 127 Å². The van der Waals surface area contributed by atoms with Gasteiger partial charge in [0.2, 0.25) is 0 Å². The molecule has 0 amide bonds. The van der Waals surface area contributed by atoms with E-state index < -0.39 is 17.4 Å². The summed E-state index contributed by atoms with van der Waals surface area (Å²) in [4.78, 5) is 12.3. The molecule has 0 aliphatic carbocycles. The Kier molecular flexibility index (Phi) is 4.73. The molecule has 0 aliphatic heterocycles. The Hall–Kier alpha value is -1.74. The zero-order valence-corrected chi connectivity index (χ0v) is 12.6. The van der Waals surface area contributed by atoms with E-state index in [1.165, 1.54) is 0 Å². The molecule has 2 aromatic rings. The van der Waals surface area contributed by atoms with Gasteiger partial charge in [0.05, 0.1) is 10.6 Å². The van der Waals surface area contributed by atoms with Crippen LogP contribution in [-0.2, 0) is 12.8 Å². The third-order valence-electron chi connectivity index (χ3n) is 3.48. The fourth-order valence-corrected chi connectivity index (χ4v) is 2.44. The van der Waals surface area contributed by atoms with Crippen molar-refractivity contribution < 1.29 is 13.6 Å². The molecule has 0 spiro atoms. The van der Waals surface area contributed by atoms with Gasteiger partial charge < -0.3 is 0 Å². The first-order chi connectivity index (χ1) is 9.97. The van der Waals surface area contributed by atoms with Crippen LogP contribution in [0.2, 0.25) is 5.02 Å². The quantitative estimate of drug-likeness (QED) is 0.575. The molecule has 0 atom stereocenters. The highest BCUT2D eigenvalue weighted by molar-refractivity contribution is 6.30. The van der Waals surface area contributed by atoms with Gasteiger partial charge in [0.1, 0.15) is 11.6 Å². The molecule has 0 heterocycles. The summed E-state index contributed by atoms with van der Waals surface area (Å²) in [5, 5.41) is -0.334. The number of aryl methyl sites for hydroxylation is 2. The van der Waals surface area contributed by atoms with Crippen molar-refractivity contribution in [1.29, 1.82) is 0 Å². The normalized spacial score (nSPS) is 10.7. The van der Waals surface area contributed by atoms with Crippen LogP contribution in [0.1, 0.15) is 40.9 Å². The number of hydrogen-bond donors (Lipinski definition) is 0. The molecule has 0 radical (unpaired) electrons. The average molecular weight is 309 g/mol. The maximum absolute atomic E-state index is 13.8. The zero-order chi connectivity index (χ0) is 15.6. The summed E-state index contributed by atoms with van der Waals surface area (Å²) in [5.74, 6) is -2.16. The highest BCUT2D eigenvalue weighted by Crippen LogP contribution is 2.23. The first-order valence-electron chi connectivity index (χ1n) is 6.79. The highest BCUT2D eigenvalue weighted by Gasteiger charge is 2.18. The number of halogens is 3. The van der Waals surface area contributed by atoms with E-state index in [1.807, 2.05) is 19.9 Å². The molecule has 0 bridgehead atoms. The van der Waals surface area contributed by atoms with Gasteiger partial charge in [-0.2, -0.15) is 0 Å². The number of hydrogen-bond acceptors (Lipinski definition) is 1. The first-order valence-corrected chi connectivity index (χ1v) is 7.16. The Balaban J connectivity index is 2.47. The molecule has 21 heavy (non-hydrogen) atoms. The van der Waals surface area contributed by atoms with E-state index >= 15 is 0 Å². The molecular formula is C17H15ClF2O. The van der Waals surface area contributed by atoms with Crippen molar-refractivity contribution in [3.63, 3.8) is 0 Å². The second-order valence-electron chi connectivity index (χ2n) is 4.77. The molecule has 0 saturated heterocycles. The van der Waals surface area contributed by atoms with Crippen LogP contribution in [0.25, 0.3) is 0 Å². The topological polar surface area (TPSA) is 17.1 Å². The smallest absolute Gasteiger partial charge is 0.196 e. The summed E-state index contributed by atoms with van der Waals surface area (Å²) in [6.45, 7) is 4.02. The predicted molar refractivity (Wildman–Crippen MR) is 80.0 cm³/mol. The summed E-state index contributed by atoms with van der Waals surface area (Å²) >= 11 is 5.50. The lowest BCUT2D eigenvalue weighted by atomic mass is 9.95. The van der Waals surface area contributed by atoms with Crippen molar-refractivity contribution in [3.8, 4) is 0 Å². The standard InChI is InChI=1S/C17H15ClF2O/c1-3-10-5-6-12(7-11(10)4-2)17(21)13-8-16(20)14(18)9-15(13)19/h5-9H,3-4H2,1-2H3. The van der Waals surface area contributed by atoms with E-state index in [0.717, 1.165) is 36.1 Å². The van der Waals surface area contributed by atoms with Crippen LogP contribution in [-0.4, -0.2) is 5.78 Å². The summed E-state index contributed by atoms with van der Waals surface area (Å²) in [6, 6.07) is 6.92. The molecule has 0 N–H and O–H groups in total. The summed E-state index contributed by atoms with van der Waals surface area (Å²) in [6.07, 6.45) is 1.64. The molecule has 0 unspecified atom stereocenters. The number of ketones is 1. The van der Waals surface area contributed by atoms with Crippen molar-refractivity contribution in [2.24, 2.45) is 0 Å². The second-order valence-corrected chi connectivity index (χ2v) is 5.17. The Bertz CT molecular complexity index is 695. The molecule has 0 aromatic heterocycles. The minimum Gasteiger partial charge on any atom is -0.288 e. The molecule has 2 aromatic carbocycles. The van der Waals surface area contributed by atoms with Gasteiger partial charge in [-0.15, -0.1) is 0 Å². The van der Waals surface area contributed by atoms with E-state index in [0.29, 0.717) is 5.56 Å². The van der Waals surface area contributed by atoms with Gasteiger partial charge in [0.15, 0.2) is 5.78 Å². The third-order valence-corrected chi connectivity index (χ3v) is 3.77. The molecule has 1 nitrogen and oxygen atoms in total. The molecule has 0 aliphatic rings. The van der Waals surface area contributed by atoms with Gasteiger partial charge in [0.25, 0.3) is 0 Å². The largest absolute Gasteiger partial charge is 0.288 e. The second kappa shape index (κ2) is 6.35. The molecule has 2 rings (SSSR count). The maximum Gasteiger partial charge on any atom is 0.196 e. The van der Waals surface area contributed by atoms with Gasteiger partial charge in [-0.05, 0) is 42.2 Å². The average Bonchev–Trinajstić information content (AvgIpc) is 2.49. The van der Waals surface area contributed by atoms with Crippen molar-refractivity contribution >= 4 is 17.4 Å². The van der Waals surface area contributed by atoms with Gasteiger partial charge in [-0.3, -0.25) is 4.79 Å². The van der Waals surface area contributed by atoms with Crippen LogP contribution in [0.4, 0.5) is 8.78 Å². The highest BCUT2D eigenvalue weighted by atomic mass is 35.5. The fourth-order valence-electron chi connectivity index (χ4n) is 2.29. The van der Waals surface area contributed by atoms with Crippen LogP contribution in [0, 0.1) is 11.6 Å². The lowest BCUT2D eigenvalue weighted by Gasteiger charge is -2.09. The van der Waals surface area contributed by atoms with E-state index in [-0.39, 0.29) is 10.6 Å². The minimum absolute atomic E-state index is 0.303. The Morgan fingerprint density at radius 1 is 1.00 bits per heavy atom. The lowest BCUT2D eigenvalue weighted by molar-refractivity contribution is 0.103. The molecule has 110 valence electrons. The van der Waals surface area contributed by atoms with Gasteiger partial charge in [-0.1, -0.05) is 37.6 Å². The molecular weight excluding hydrogens is 294 g/mol. The van der Waals surface area contributed by atoms with Gasteiger partial charge >= 0.3 is 0 Å².